The Morgan fingerprint density at radius 2 is 1.96 bits per heavy atom. The van der Waals surface area contributed by atoms with Crippen molar-refractivity contribution in [2.24, 2.45) is 5.92 Å². The van der Waals surface area contributed by atoms with Crippen LogP contribution < -0.4 is 10.6 Å². The minimum Gasteiger partial charge on any atom is -0.481 e. The van der Waals surface area contributed by atoms with E-state index in [2.05, 4.69) is 10.3 Å². The molecule has 1 heterocycles. The molecule has 1 aliphatic carbocycles. The van der Waals surface area contributed by atoms with Gasteiger partial charge in [-0.05, 0) is 32.6 Å². The van der Waals surface area contributed by atoms with E-state index in [1.54, 1.807) is 6.92 Å². The monoisotopic (exact) mass is 365 g/mol. The molecule has 1 unspecified atom stereocenters. The second-order valence-electron chi connectivity index (χ2n) is 5.81. The zero-order chi connectivity index (χ0) is 17.9. The number of carboxylic acids is 1. The van der Waals surface area contributed by atoms with E-state index < -0.39 is 30.1 Å². The van der Waals surface area contributed by atoms with E-state index in [9.17, 15) is 22.8 Å². The summed E-state index contributed by atoms with van der Waals surface area (Å²) in [6.07, 6.45) is -3.00. The first-order valence-electron chi connectivity index (χ1n) is 7.45. The zero-order valence-corrected chi connectivity index (χ0v) is 13.7. The Bertz CT molecular complexity index is 598. The van der Waals surface area contributed by atoms with Gasteiger partial charge in [0, 0.05) is 17.1 Å². The minimum atomic E-state index is -4.65. The van der Waals surface area contributed by atoms with Crippen LogP contribution in [0.15, 0.2) is 5.38 Å². The van der Waals surface area contributed by atoms with Gasteiger partial charge >= 0.3 is 18.2 Å². The molecule has 3 N–H and O–H groups in total. The molecular formula is C14H18F3N3O3S. The van der Waals surface area contributed by atoms with Gasteiger partial charge in [0.1, 0.15) is 5.01 Å². The standard InChI is InChI=1S/C14H18F3N3O3S/c1-7-6-24-11(18-7)10(14(15,16)17)20-13(23)19-9-4-2-8(3-5-9)12(21)22/h6,8-10H,2-5H2,1H3,(H,21,22)(H2,19,20,23). The molecule has 0 radical (unpaired) electrons. The highest BCUT2D eigenvalue weighted by Crippen LogP contribution is 2.34. The van der Waals surface area contributed by atoms with Crippen molar-refractivity contribution < 1.29 is 27.9 Å². The van der Waals surface area contributed by atoms with Crippen LogP contribution in [0.25, 0.3) is 0 Å². The number of rotatable bonds is 4. The van der Waals surface area contributed by atoms with E-state index >= 15 is 0 Å². The normalized spacial score (nSPS) is 22.7. The fraction of sp³-hybridized carbons (Fsp3) is 0.643. The third-order valence-corrected chi connectivity index (χ3v) is 4.93. The van der Waals surface area contributed by atoms with Gasteiger partial charge in [0.2, 0.25) is 0 Å². The van der Waals surface area contributed by atoms with Crippen molar-refractivity contribution in [2.45, 2.75) is 50.9 Å². The molecule has 0 saturated heterocycles. The summed E-state index contributed by atoms with van der Waals surface area (Å²) in [6.45, 7) is 1.58. The third-order valence-electron chi connectivity index (χ3n) is 3.90. The van der Waals surface area contributed by atoms with Crippen LogP contribution in [0.1, 0.15) is 42.4 Å². The fourth-order valence-electron chi connectivity index (χ4n) is 2.63. The van der Waals surface area contributed by atoms with Crippen LogP contribution in [0, 0.1) is 12.8 Å². The number of alkyl halides is 3. The second-order valence-corrected chi connectivity index (χ2v) is 6.70. The molecule has 1 aromatic heterocycles. The van der Waals surface area contributed by atoms with Crippen molar-refractivity contribution >= 4 is 23.3 Å². The predicted molar refractivity (Wildman–Crippen MR) is 80.7 cm³/mol. The van der Waals surface area contributed by atoms with Crippen LogP contribution in [-0.4, -0.2) is 34.3 Å². The van der Waals surface area contributed by atoms with Gasteiger partial charge in [-0.2, -0.15) is 13.2 Å². The first kappa shape index (κ1) is 18.5. The van der Waals surface area contributed by atoms with Gasteiger partial charge in [-0.1, -0.05) is 0 Å². The van der Waals surface area contributed by atoms with Crippen LogP contribution >= 0.6 is 11.3 Å². The molecule has 134 valence electrons. The molecule has 1 aliphatic rings. The molecule has 6 nitrogen and oxygen atoms in total. The maximum absolute atomic E-state index is 13.2. The molecule has 0 aromatic carbocycles. The molecule has 1 saturated carbocycles. The van der Waals surface area contributed by atoms with E-state index in [1.807, 2.05) is 5.32 Å². The number of nitrogens with one attached hydrogen (secondary N) is 2. The lowest BCUT2D eigenvalue weighted by atomic mass is 9.86. The number of urea groups is 1. The summed E-state index contributed by atoms with van der Waals surface area (Å²) in [5, 5.41) is 14.6. The summed E-state index contributed by atoms with van der Waals surface area (Å²) in [5.41, 5.74) is 0.457. The minimum absolute atomic E-state index is 0.218. The predicted octanol–water partition coefficient (Wildman–Crippen LogP) is 3.00. The molecule has 24 heavy (non-hydrogen) atoms. The average molecular weight is 365 g/mol. The van der Waals surface area contributed by atoms with Crippen molar-refractivity contribution in [1.82, 2.24) is 15.6 Å². The van der Waals surface area contributed by atoms with Gasteiger partial charge in [-0.3, -0.25) is 4.79 Å². The van der Waals surface area contributed by atoms with Crippen LogP contribution in [0.2, 0.25) is 0 Å². The SMILES string of the molecule is Cc1csc(C(NC(=O)NC2CCC(C(=O)O)CC2)C(F)(F)F)n1. The van der Waals surface area contributed by atoms with Gasteiger partial charge in [-0.15, -0.1) is 11.3 Å². The van der Waals surface area contributed by atoms with Gasteiger partial charge in [-0.25, -0.2) is 9.78 Å². The molecule has 2 amide bonds. The van der Waals surface area contributed by atoms with E-state index in [4.69, 9.17) is 5.11 Å². The van der Waals surface area contributed by atoms with Crippen LogP contribution in [0.4, 0.5) is 18.0 Å². The molecule has 1 atom stereocenters. The first-order chi connectivity index (χ1) is 11.2. The molecule has 1 aromatic rings. The summed E-state index contributed by atoms with van der Waals surface area (Å²) >= 11 is 0.837. The van der Waals surface area contributed by atoms with Gasteiger partial charge in [0.15, 0.2) is 6.04 Å². The maximum atomic E-state index is 13.2. The summed E-state index contributed by atoms with van der Waals surface area (Å²) in [5.74, 6) is -1.33. The van der Waals surface area contributed by atoms with Crippen molar-refractivity contribution in [1.29, 1.82) is 0 Å². The number of hydrogen-bond donors (Lipinski definition) is 3. The molecular weight excluding hydrogens is 347 g/mol. The molecule has 2 rings (SSSR count). The van der Waals surface area contributed by atoms with E-state index in [0.29, 0.717) is 31.4 Å². The Labute approximate surface area is 140 Å². The van der Waals surface area contributed by atoms with E-state index in [-0.39, 0.29) is 11.0 Å². The molecule has 1 fully saturated rings. The summed E-state index contributed by atoms with van der Waals surface area (Å²) in [6, 6.07) is -3.41. The van der Waals surface area contributed by atoms with Crippen LogP contribution in [-0.2, 0) is 4.79 Å². The first-order valence-corrected chi connectivity index (χ1v) is 8.33. The molecule has 0 bridgehead atoms. The lowest BCUT2D eigenvalue weighted by Gasteiger charge is -2.28. The topological polar surface area (TPSA) is 91.3 Å². The molecule has 0 spiro atoms. The average Bonchev–Trinajstić information content (AvgIpc) is 2.90. The number of thiazole rings is 1. The molecule has 10 heteroatoms. The number of carbonyl (C=O) groups excluding carboxylic acids is 1. The van der Waals surface area contributed by atoms with Crippen molar-refractivity contribution in [3.63, 3.8) is 0 Å². The smallest absolute Gasteiger partial charge is 0.415 e. The van der Waals surface area contributed by atoms with E-state index in [1.165, 1.54) is 5.38 Å². The number of aliphatic carboxylic acids is 1. The highest BCUT2D eigenvalue weighted by atomic mass is 32.1. The second kappa shape index (κ2) is 7.37. The van der Waals surface area contributed by atoms with E-state index in [0.717, 1.165) is 11.3 Å². The zero-order valence-electron chi connectivity index (χ0n) is 12.9. The largest absolute Gasteiger partial charge is 0.481 e. The highest BCUT2D eigenvalue weighted by molar-refractivity contribution is 7.09. The van der Waals surface area contributed by atoms with Crippen molar-refractivity contribution in [2.75, 3.05) is 0 Å². The maximum Gasteiger partial charge on any atom is 0.415 e. The number of hydrogen-bond acceptors (Lipinski definition) is 4. The Morgan fingerprint density at radius 3 is 2.42 bits per heavy atom. The third kappa shape index (κ3) is 4.83. The lowest BCUT2D eigenvalue weighted by molar-refractivity contribution is -0.155. The Balaban J connectivity index is 1.93. The van der Waals surface area contributed by atoms with Crippen molar-refractivity contribution in [3.8, 4) is 0 Å². The Hall–Kier alpha value is -1.84. The number of carbonyl (C=O) groups is 2. The fourth-order valence-corrected chi connectivity index (χ4v) is 3.50. The summed E-state index contributed by atoms with van der Waals surface area (Å²) < 4.78 is 39.5. The molecule has 0 aliphatic heterocycles. The number of amides is 2. The van der Waals surface area contributed by atoms with Crippen molar-refractivity contribution in [3.05, 3.63) is 16.1 Å². The quantitative estimate of drug-likeness (QED) is 0.765. The Morgan fingerprint density at radius 1 is 1.33 bits per heavy atom. The number of aromatic nitrogens is 1. The van der Waals surface area contributed by atoms with Gasteiger partial charge < -0.3 is 15.7 Å². The van der Waals surface area contributed by atoms with Gasteiger partial charge in [0.05, 0.1) is 5.92 Å². The van der Waals surface area contributed by atoms with Gasteiger partial charge in [0.25, 0.3) is 0 Å². The number of aryl methyl sites for hydroxylation is 1. The number of halogens is 3. The Kier molecular flexibility index (Phi) is 5.68. The van der Waals surface area contributed by atoms with Crippen LogP contribution in [0.3, 0.4) is 0 Å². The van der Waals surface area contributed by atoms with Crippen LogP contribution in [0.5, 0.6) is 0 Å². The summed E-state index contributed by atoms with van der Waals surface area (Å²) in [4.78, 5) is 26.6. The highest BCUT2D eigenvalue weighted by Gasteiger charge is 2.44. The number of nitrogens with zero attached hydrogens (tertiary/aromatic N) is 1. The lowest BCUT2D eigenvalue weighted by Crippen LogP contribution is -2.48. The number of carboxylic acid groups (broad SMARTS) is 1. The summed E-state index contributed by atoms with van der Waals surface area (Å²) in [7, 11) is 0.